The molecule has 29 heavy (non-hydrogen) atoms. The van der Waals surface area contributed by atoms with Crippen LogP contribution in [0.15, 0.2) is 57.2 Å². The number of hydrogen-bond acceptors (Lipinski definition) is 7. The van der Waals surface area contributed by atoms with E-state index in [2.05, 4.69) is 0 Å². The monoisotopic (exact) mass is 466 g/mol. The molecular formula is C18H11ClN2O5S3. The minimum absolute atomic E-state index is 0.111. The average molecular weight is 467 g/mol. The van der Waals surface area contributed by atoms with Crippen molar-refractivity contribution in [3.8, 4) is 0 Å². The molecule has 1 heterocycles. The van der Waals surface area contributed by atoms with Crippen LogP contribution in [0.5, 0.6) is 0 Å². The number of carboxylic acid groups (broad SMARTS) is 1. The fourth-order valence-corrected chi connectivity index (χ4v) is 4.69. The van der Waals surface area contributed by atoms with Crippen LogP contribution < -0.4 is 0 Å². The summed E-state index contributed by atoms with van der Waals surface area (Å²) in [6.07, 6.45) is 1.46. The number of benzene rings is 2. The molecule has 1 N–H and O–H groups in total. The number of nitro benzene ring substituents is 1. The van der Waals surface area contributed by atoms with Crippen molar-refractivity contribution in [1.29, 1.82) is 0 Å². The second kappa shape index (κ2) is 8.95. The van der Waals surface area contributed by atoms with Gasteiger partial charge in [0.05, 0.1) is 14.7 Å². The third-order valence-corrected chi connectivity index (χ3v) is 6.39. The maximum absolute atomic E-state index is 12.3. The average Bonchev–Trinajstić information content (AvgIpc) is 2.91. The van der Waals surface area contributed by atoms with Gasteiger partial charge in [-0.15, -0.1) is 0 Å². The predicted molar refractivity (Wildman–Crippen MR) is 116 cm³/mol. The predicted octanol–water partition coefficient (Wildman–Crippen LogP) is 4.69. The number of amides is 1. The zero-order valence-corrected chi connectivity index (χ0v) is 17.6. The molecule has 1 saturated heterocycles. The maximum Gasteiger partial charge on any atom is 0.323 e. The molecule has 1 amide bonds. The molecule has 0 bridgehead atoms. The van der Waals surface area contributed by atoms with Crippen molar-refractivity contribution in [3.05, 3.63) is 68.1 Å². The lowest BCUT2D eigenvalue weighted by atomic mass is 10.2. The molecule has 3 rings (SSSR count). The Hall–Kier alpha value is -2.40. The number of nitrogens with zero attached hydrogens (tertiary/aromatic N) is 2. The molecule has 0 aromatic heterocycles. The van der Waals surface area contributed by atoms with Crippen molar-refractivity contribution in [2.45, 2.75) is 9.79 Å². The summed E-state index contributed by atoms with van der Waals surface area (Å²) in [6.45, 7) is -0.529. The van der Waals surface area contributed by atoms with E-state index in [-0.39, 0.29) is 14.9 Å². The fourth-order valence-electron chi connectivity index (χ4n) is 2.41. The van der Waals surface area contributed by atoms with Gasteiger partial charge in [-0.25, -0.2) is 0 Å². The zero-order valence-electron chi connectivity index (χ0n) is 14.4. The Morgan fingerprint density at radius 3 is 2.62 bits per heavy atom. The molecule has 0 aliphatic carbocycles. The summed E-state index contributed by atoms with van der Waals surface area (Å²) in [5, 5.41) is 21.0. The van der Waals surface area contributed by atoms with Gasteiger partial charge in [-0.3, -0.25) is 24.6 Å². The van der Waals surface area contributed by atoms with E-state index < -0.39 is 23.3 Å². The molecule has 0 saturated carbocycles. The Kier molecular flexibility index (Phi) is 6.58. The van der Waals surface area contributed by atoms with Gasteiger partial charge in [0.25, 0.3) is 11.6 Å². The summed E-state index contributed by atoms with van der Waals surface area (Å²) in [5.74, 6) is -1.72. The number of rotatable bonds is 6. The van der Waals surface area contributed by atoms with Crippen LogP contribution in [0.3, 0.4) is 0 Å². The lowest BCUT2D eigenvalue weighted by Gasteiger charge is -2.10. The van der Waals surface area contributed by atoms with Gasteiger partial charge >= 0.3 is 5.97 Å². The fraction of sp³-hybridized carbons (Fsp3) is 0.0556. The first-order valence-corrected chi connectivity index (χ1v) is 10.4. The van der Waals surface area contributed by atoms with E-state index in [1.54, 1.807) is 36.4 Å². The lowest BCUT2D eigenvalue weighted by Crippen LogP contribution is -2.33. The van der Waals surface area contributed by atoms with Gasteiger partial charge in [0.1, 0.15) is 10.9 Å². The maximum atomic E-state index is 12.3. The number of carbonyl (C=O) groups excluding carboxylic acids is 1. The van der Waals surface area contributed by atoms with Crippen LogP contribution in [0.2, 0.25) is 5.02 Å². The highest BCUT2D eigenvalue weighted by Crippen LogP contribution is 2.37. The van der Waals surface area contributed by atoms with Crippen molar-refractivity contribution < 1.29 is 19.6 Å². The van der Waals surface area contributed by atoms with Crippen LogP contribution in [0, 0.1) is 10.1 Å². The first-order chi connectivity index (χ1) is 13.7. The molecule has 2 aromatic carbocycles. The molecule has 0 atom stereocenters. The number of aliphatic carboxylic acids is 1. The van der Waals surface area contributed by atoms with Gasteiger partial charge in [0.2, 0.25) is 0 Å². The molecule has 2 aromatic rings. The van der Waals surface area contributed by atoms with E-state index in [0.29, 0.717) is 15.5 Å². The number of halogens is 1. The molecule has 1 aliphatic heterocycles. The summed E-state index contributed by atoms with van der Waals surface area (Å²) in [6, 6.07) is 11.5. The van der Waals surface area contributed by atoms with Crippen molar-refractivity contribution in [2.24, 2.45) is 0 Å². The highest BCUT2D eigenvalue weighted by atomic mass is 35.5. The summed E-state index contributed by atoms with van der Waals surface area (Å²) < 4.78 is 0.132. The molecule has 1 fully saturated rings. The highest BCUT2D eigenvalue weighted by molar-refractivity contribution is 8.26. The van der Waals surface area contributed by atoms with Crippen LogP contribution in [-0.2, 0) is 9.59 Å². The molecule has 11 heteroatoms. The Balaban J connectivity index is 1.88. The number of thioether (sulfide) groups is 1. The number of thiocarbonyl (C=S) groups is 1. The molecular weight excluding hydrogens is 456 g/mol. The summed E-state index contributed by atoms with van der Waals surface area (Å²) in [5.41, 5.74) is 0.327. The van der Waals surface area contributed by atoms with E-state index in [9.17, 15) is 19.7 Å². The SMILES string of the molecule is O=C(O)CN1C(=O)C(=Cc2ccc(Sc3ccc(Cl)cc3)c([N+](=O)[O-])c2)SC1=S. The number of carboxylic acids is 1. The van der Waals surface area contributed by atoms with E-state index in [0.717, 1.165) is 21.6 Å². The highest BCUT2D eigenvalue weighted by Gasteiger charge is 2.33. The second-order valence-electron chi connectivity index (χ2n) is 5.70. The number of nitro groups is 1. The van der Waals surface area contributed by atoms with Gasteiger partial charge < -0.3 is 5.11 Å². The summed E-state index contributed by atoms with van der Waals surface area (Å²) in [7, 11) is 0. The normalized spacial score (nSPS) is 15.2. The molecule has 7 nitrogen and oxygen atoms in total. The first-order valence-electron chi connectivity index (χ1n) is 7.93. The van der Waals surface area contributed by atoms with Gasteiger partial charge in [0.15, 0.2) is 0 Å². The third kappa shape index (κ3) is 5.15. The van der Waals surface area contributed by atoms with E-state index in [4.69, 9.17) is 28.9 Å². The van der Waals surface area contributed by atoms with Gasteiger partial charge in [-0.05, 0) is 42.0 Å². The van der Waals surface area contributed by atoms with Crippen LogP contribution in [0.4, 0.5) is 5.69 Å². The van der Waals surface area contributed by atoms with Crippen molar-refractivity contribution >= 4 is 75.3 Å². The largest absolute Gasteiger partial charge is 0.480 e. The van der Waals surface area contributed by atoms with Gasteiger partial charge in [0, 0.05) is 16.0 Å². The quantitative estimate of drug-likeness (QED) is 0.283. The van der Waals surface area contributed by atoms with Crippen LogP contribution >= 0.6 is 47.3 Å². The lowest BCUT2D eigenvalue weighted by molar-refractivity contribution is -0.387. The molecule has 0 spiro atoms. The molecule has 0 unspecified atom stereocenters. The van der Waals surface area contributed by atoms with Crippen molar-refractivity contribution in [2.75, 3.05) is 6.54 Å². The topological polar surface area (TPSA) is 101 Å². The third-order valence-electron chi connectivity index (χ3n) is 3.69. The molecule has 1 aliphatic rings. The Morgan fingerprint density at radius 1 is 1.31 bits per heavy atom. The summed E-state index contributed by atoms with van der Waals surface area (Å²) in [4.78, 5) is 36.7. The minimum atomic E-state index is -1.18. The van der Waals surface area contributed by atoms with Crippen molar-refractivity contribution in [3.63, 3.8) is 0 Å². The number of hydrogen-bond donors (Lipinski definition) is 1. The van der Waals surface area contributed by atoms with Crippen LogP contribution in [0.25, 0.3) is 6.08 Å². The van der Waals surface area contributed by atoms with Crippen LogP contribution in [-0.4, -0.2) is 37.7 Å². The van der Waals surface area contributed by atoms with Crippen LogP contribution in [0.1, 0.15) is 5.56 Å². The number of carbonyl (C=O) groups is 2. The van der Waals surface area contributed by atoms with Gasteiger partial charge in [-0.1, -0.05) is 53.4 Å². The molecule has 148 valence electrons. The van der Waals surface area contributed by atoms with E-state index >= 15 is 0 Å². The minimum Gasteiger partial charge on any atom is -0.480 e. The smallest absolute Gasteiger partial charge is 0.323 e. The standard InChI is InChI=1S/C18H11ClN2O5S3/c19-11-2-4-12(5-3-11)28-14-6-1-10(7-13(14)21(25)26)8-15-17(24)20(9-16(22)23)18(27)29-15/h1-8H,9H2,(H,22,23). The second-order valence-corrected chi connectivity index (χ2v) is 8.93. The molecule has 0 radical (unpaired) electrons. The Labute approximate surface area is 183 Å². The van der Waals surface area contributed by atoms with E-state index in [1.165, 1.54) is 23.9 Å². The van der Waals surface area contributed by atoms with Crippen molar-refractivity contribution in [1.82, 2.24) is 4.90 Å². The Bertz CT molecular complexity index is 1060. The van der Waals surface area contributed by atoms with E-state index in [1.807, 2.05) is 0 Å². The van der Waals surface area contributed by atoms with Gasteiger partial charge in [-0.2, -0.15) is 0 Å². The zero-order chi connectivity index (χ0) is 21.1. The first kappa shape index (κ1) is 21.3. The Morgan fingerprint density at radius 2 is 2.00 bits per heavy atom. The summed E-state index contributed by atoms with van der Waals surface area (Å²) >= 11 is 13.1.